The van der Waals surface area contributed by atoms with E-state index in [1.165, 1.54) is 30.3 Å². The predicted octanol–water partition coefficient (Wildman–Crippen LogP) is 7.65. The summed E-state index contributed by atoms with van der Waals surface area (Å²) in [7, 11) is 0. The van der Waals surface area contributed by atoms with Gasteiger partial charge in [0.05, 0.1) is 12.0 Å². The highest BCUT2D eigenvalue weighted by Crippen LogP contribution is 2.30. The van der Waals surface area contributed by atoms with Crippen molar-refractivity contribution in [2.45, 2.75) is 13.3 Å². The Balaban J connectivity index is 1.67. The molecule has 4 aromatic carbocycles. The fraction of sp³-hybridized carbons (Fsp3) is 0.0714. The second-order valence-electron chi connectivity index (χ2n) is 8.05. The second-order valence-corrected chi connectivity index (χ2v) is 8.89. The molecule has 4 aromatic rings. The van der Waals surface area contributed by atoms with Gasteiger partial charge in [-0.3, -0.25) is 9.59 Å². The molecule has 1 amide bonds. The summed E-state index contributed by atoms with van der Waals surface area (Å²) in [5, 5.41) is 3.49. The zero-order valence-electron chi connectivity index (χ0n) is 18.9. The number of aryl methyl sites for hydroxylation is 1. The molecule has 0 saturated carbocycles. The van der Waals surface area contributed by atoms with E-state index in [0.29, 0.717) is 26.9 Å². The summed E-state index contributed by atoms with van der Waals surface area (Å²) in [5.41, 5.74) is 2.36. The summed E-state index contributed by atoms with van der Waals surface area (Å²) in [6, 6.07) is 19.3. The van der Waals surface area contributed by atoms with Gasteiger partial charge in [-0.1, -0.05) is 47.5 Å². The molecule has 36 heavy (non-hydrogen) atoms. The van der Waals surface area contributed by atoms with E-state index in [-0.39, 0.29) is 23.3 Å². The van der Waals surface area contributed by atoms with E-state index < -0.39 is 23.5 Å². The van der Waals surface area contributed by atoms with Gasteiger partial charge in [-0.05, 0) is 72.1 Å². The fourth-order valence-electron chi connectivity index (χ4n) is 3.59. The van der Waals surface area contributed by atoms with E-state index in [4.69, 9.17) is 27.9 Å². The van der Waals surface area contributed by atoms with Crippen LogP contribution in [0, 0.1) is 18.6 Å². The van der Waals surface area contributed by atoms with Gasteiger partial charge < -0.3 is 10.1 Å². The van der Waals surface area contributed by atoms with Crippen molar-refractivity contribution in [2.24, 2.45) is 0 Å². The van der Waals surface area contributed by atoms with Crippen molar-refractivity contribution in [1.29, 1.82) is 0 Å². The Morgan fingerprint density at radius 1 is 0.917 bits per heavy atom. The molecule has 0 radical (unpaired) electrons. The van der Waals surface area contributed by atoms with Crippen molar-refractivity contribution in [1.82, 2.24) is 0 Å². The number of benzene rings is 4. The van der Waals surface area contributed by atoms with Gasteiger partial charge in [-0.2, -0.15) is 0 Å². The molecule has 0 fully saturated rings. The number of amides is 1. The largest absolute Gasteiger partial charge is 0.425 e. The lowest BCUT2D eigenvalue weighted by Gasteiger charge is -2.14. The third kappa shape index (κ3) is 6.08. The van der Waals surface area contributed by atoms with Crippen LogP contribution in [-0.4, -0.2) is 11.9 Å². The Kier molecular flexibility index (Phi) is 7.67. The van der Waals surface area contributed by atoms with Crippen LogP contribution in [0.3, 0.4) is 0 Å². The van der Waals surface area contributed by atoms with Crippen LogP contribution in [0.2, 0.25) is 10.0 Å². The fourth-order valence-corrected chi connectivity index (χ4v) is 4.06. The van der Waals surface area contributed by atoms with E-state index in [9.17, 15) is 18.4 Å². The first-order valence-electron chi connectivity index (χ1n) is 10.8. The molecule has 0 unspecified atom stereocenters. The van der Waals surface area contributed by atoms with E-state index in [0.717, 1.165) is 17.7 Å². The van der Waals surface area contributed by atoms with Crippen LogP contribution < -0.4 is 10.1 Å². The quantitative estimate of drug-likeness (QED) is 0.208. The molecule has 4 nitrogen and oxygen atoms in total. The zero-order valence-corrected chi connectivity index (χ0v) is 20.5. The van der Waals surface area contributed by atoms with Crippen LogP contribution in [0.5, 0.6) is 5.75 Å². The normalized spacial score (nSPS) is 10.7. The number of carbonyl (C=O) groups is 2. The van der Waals surface area contributed by atoms with Gasteiger partial charge in [-0.15, -0.1) is 0 Å². The average Bonchev–Trinajstić information content (AvgIpc) is 2.81. The summed E-state index contributed by atoms with van der Waals surface area (Å²) in [5.74, 6) is -2.77. The molecule has 0 aromatic heterocycles. The Morgan fingerprint density at radius 2 is 1.72 bits per heavy atom. The van der Waals surface area contributed by atoms with Gasteiger partial charge in [0.15, 0.2) is 0 Å². The van der Waals surface area contributed by atoms with Gasteiger partial charge in [0.1, 0.15) is 17.4 Å². The molecule has 1 N–H and O–H groups in total. The van der Waals surface area contributed by atoms with Gasteiger partial charge in [0, 0.05) is 27.4 Å². The highest BCUT2D eigenvalue weighted by Gasteiger charge is 2.19. The Hall–Kier alpha value is -3.74. The number of ether oxygens (including phenoxy) is 1. The molecule has 0 spiro atoms. The Labute approximate surface area is 216 Å². The number of carbonyl (C=O) groups excluding carboxylic acids is 2. The minimum absolute atomic E-state index is 0.00622. The summed E-state index contributed by atoms with van der Waals surface area (Å²) >= 11 is 12.1. The van der Waals surface area contributed by atoms with Crippen molar-refractivity contribution in [3.8, 4) is 16.9 Å². The first kappa shape index (κ1) is 25.4. The van der Waals surface area contributed by atoms with Gasteiger partial charge >= 0.3 is 5.97 Å². The van der Waals surface area contributed by atoms with E-state index in [1.54, 1.807) is 30.3 Å². The summed E-state index contributed by atoms with van der Waals surface area (Å²) in [6.45, 7) is 1.88. The molecule has 0 heterocycles. The smallest absolute Gasteiger partial charge is 0.315 e. The lowest BCUT2D eigenvalue weighted by molar-refractivity contribution is -0.133. The molecule has 0 aliphatic carbocycles. The maximum Gasteiger partial charge on any atom is 0.315 e. The topological polar surface area (TPSA) is 55.4 Å². The molecule has 0 atom stereocenters. The molecule has 0 bridgehead atoms. The van der Waals surface area contributed by atoms with E-state index in [2.05, 4.69) is 5.32 Å². The minimum atomic E-state index is -0.790. The predicted molar refractivity (Wildman–Crippen MR) is 137 cm³/mol. The van der Waals surface area contributed by atoms with E-state index in [1.807, 2.05) is 13.0 Å². The SMILES string of the molecule is Cc1cccc(NC(=O)c2cc(-c3ccc(F)cc3F)ccc2OC(=O)Cc2ccc(Cl)cc2Cl)c1. The standard InChI is InChI=1S/C28H19Cl2F2NO3/c1-16-3-2-4-21(11-16)33-28(35)23-12-17(22-9-8-20(31)15-25(22)32)6-10-26(23)36-27(34)13-18-5-7-19(29)14-24(18)30/h2-12,14-15H,13H2,1H3,(H,33,35). The molecule has 0 saturated heterocycles. The number of hydrogen-bond acceptors (Lipinski definition) is 3. The molecular weight excluding hydrogens is 507 g/mol. The maximum atomic E-state index is 14.4. The number of anilines is 1. The van der Waals surface area contributed by atoms with Crippen LogP contribution >= 0.6 is 23.2 Å². The molecule has 182 valence electrons. The molecule has 0 aliphatic heterocycles. The van der Waals surface area contributed by atoms with Gasteiger partial charge in [0.25, 0.3) is 5.91 Å². The highest BCUT2D eigenvalue weighted by atomic mass is 35.5. The first-order valence-corrected chi connectivity index (χ1v) is 11.6. The second kappa shape index (κ2) is 10.9. The molecule has 8 heteroatoms. The first-order chi connectivity index (χ1) is 17.2. The van der Waals surface area contributed by atoms with Crippen LogP contribution in [0.25, 0.3) is 11.1 Å². The number of rotatable bonds is 6. The lowest BCUT2D eigenvalue weighted by Crippen LogP contribution is -2.17. The number of halogens is 4. The van der Waals surface area contributed by atoms with Crippen LogP contribution in [-0.2, 0) is 11.2 Å². The van der Waals surface area contributed by atoms with Crippen molar-refractivity contribution in [3.63, 3.8) is 0 Å². The Bertz CT molecular complexity index is 1470. The molecule has 4 rings (SSSR count). The number of esters is 1. The van der Waals surface area contributed by atoms with Crippen molar-refractivity contribution in [3.05, 3.63) is 117 Å². The maximum absolute atomic E-state index is 14.4. The molecule has 0 aliphatic rings. The van der Waals surface area contributed by atoms with Crippen LogP contribution in [0.4, 0.5) is 14.5 Å². The van der Waals surface area contributed by atoms with Crippen LogP contribution in [0.15, 0.2) is 78.9 Å². The molecular formula is C28H19Cl2F2NO3. The Morgan fingerprint density at radius 3 is 2.44 bits per heavy atom. The zero-order chi connectivity index (χ0) is 25.8. The van der Waals surface area contributed by atoms with Gasteiger partial charge in [0.2, 0.25) is 0 Å². The third-order valence-electron chi connectivity index (χ3n) is 5.32. The van der Waals surface area contributed by atoms with Crippen molar-refractivity contribution >= 4 is 40.8 Å². The highest BCUT2D eigenvalue weighted by molar-refractivity contribution is 6.35. The summed E-state index contributed by atoms with van der Waals surface area (Å²) in [4.78, 5) is 25.9. The summed E-state index contributed by atoms with van der Waals surface area (Å²) < 4.78 is 33.3. The number of hydrogen-bond donors (Lipinski definition) is 1. The van der Waals surface area contributed by atoms with E-state index >= 15 is 0 Å². The van der Waals surface area contributed by atoms with Gasteiger partial charge in [-0.25, -0.2) is 8.78 Å². The van der Waals surface area contributed by atoms with Crippen molar-refractivity contribution < 1.29 is 23.1 Å². The van der Waals surface area contributed by atoms with Crippen molar-refractivity contribution in [2.75, 3.05) is 5.32 Å². The third-order valence-corrected chi connectivity index (χ3v) is 5.90. The monoisotopic (exact) mass is 525 g/mol. The van der Waals surface area contributed by atoms with Crippen LogP contribution in [0.1, 0.15) is 21.5 Å². The minimum Gasteiger partial charge on any atom is -0.425 e. The number of nitrogens with one attached hydrogen (secondary N) is 1. The lowest BCUT2D eigenvalue weighted by atomic mass is 10.0. The average molecular weight is 526 g/mol. The summed E-state index contributed by atoms with van der Waals surface area (Å²) in [6.07, 6.45) is -0.163.